The molecule has 0 unspecified atom stereocenters. The molecule has 0 bridgehead atoms. The van der Waals surface area contributed by atoms with E-state index in [2.05, 4.69) is 21.9 Å². The van der Waals surface area contributed by atoms with Crippen molar-refractivity contribution in [1.29, 1.82) is 0 Å². The zero-order valence-electron chi connectivity index (χ0n) is 18.2. The van der Waals surface area contributed by atoms with Crippen molar-refractivity contribution in [1.82, 2.24) is 24.3 Å². The van der Waals surface area contributed by atoms with E-state index in [4.69, 9.17) is 9.47 Å². The number of ether oxygens (including phenoxy) is 2. The smallest absolute Gasteiger partial charge is 0.410 e. The maximum Gasteiger partial charge on any atom is 0.410 e. The highest BCUT2D eigenvalue weighted by Gasteiger charge is 2.29. The number of piperidine rings is 1. The van der Waals surface area contributed by atoms with Crippen molar-refractivity contribution < 1.29 is 14.3 Å². The van der Waals surface area contributed by atoms with E-state index in [0.29, 0.717) is 37.3 Å². The Morgan fingerprint density at radius 2 is 1.93 bits per heavy atom. The first kappa shape index (κ1) is 20.7. The van der Waals surface area contributed by atoms with Gasteiger partial charge in [0, 0.05) is 38.3 Å². The summed E-state index contributed by atoms with van der Waals surface area (Å²) in [5, 5.41) is 0. The van der Waals surface area contributed by atoms with E-state index in [1.807, 2.05) is 26.8 Å². The van der Waals surface area contributed by atoms with Crippen LogP contribution >= 0.6 is 0 Å². The van der Waals surface area contributed by atoms with Crippen LogP contribution in [0.15, 0.2) is 17.1 Å². The predicted octanol–water partition coefficient (Wildman–Crippen LogP) is 2.38. The van der Waals surface area contributed by atoms with E-state index in [1.165, 1.54) is 0 Å². The lowest BCUT2D eigenvalue weighted by molar-refractivity contribution is 0.0189. The van der Waals surface area contributed by atoms with Crippen molar-refractivity contribution in [3.05, 3.63) is 22.7 Å². The van der Waals surface area contributed by atoms with Gasteiger partial charge >= 0.3 is 11.8 Å². The highest BCUT2D eigenvalue weighted by Crippen LogP contribution is 2.27. The highest BCUT2D eigenvalue weighted by atomic mass is 16.6. The molecule has 0 spiro atoms. The van der Waals surface area contributed by atoms with Gasteiger partial charge in [0.05, 0.1) is 11.7 Å². The van der Waals surface area contributed by atoms with E-state index in [1.54, 1.807) is 15.7 Å². The molecule has 2 aromatic rings. The normalized spacial score (nSPS) is 21.3. The third-order valence-electron chi connectivity index (χ3n) is 5.68. The lowest BCUT2D eigenvalue weighted by atomic mass is 10.1. The first-order valence-corrected chi connectivity index (χ1v) is 10.6. The molecule has 2 fully saturated rings. The Kier molecular flexibility index (Phi) is 5.48. The first-order chi connectivity index (χ1) is 14.2. The minimum atomic E-state index is -0.516. The number of pyridine rings is 1. The molecule has 4 rings (SSSR count). The van der Waals surface area contributed by atoms with Crippen LogP contribution in [0.25, 0.3) is 11.2 Å². The van der Waals surface area contributed by atoms with E-state index in [-0.39, 0.29) is 23.9 Å². The molecular weight excluding hydrogens is 386 g/mol. The number of aromatic nitrogens is 3. The summed E-state index contributed by atoms with van der Waals surface area (Å²) in [5.41, 5.74) is 0.619. The Hall–Kier alpha value is -2.55. The van der Waals surface area contributed by atoms with Crippen LogP contribution in [0.1, 0.15) is 46.1 Å². The van der Waals surface area contributed by atoms with Gasteiger partial charge in [-0.05, 0) is 47.1 Å². The topological polar surface area (TPSA) is 92.7 Å². The van der Waals surface area contributed by atoms with Crippen LogP contribution in [-0.4, -0.2) is 75.4 Å². The van der Waals surface area contributed by atoms with Crippen LogP contribution in [0.4, 0.5) is 4.79 Å². The Labute approximate surface area is 176 Å². The largest absolute Gasteiger partial charge is 0.487 e. The summed E-state index contributed by atoms with van der Waals surface area (Å²) in [6.07, 6.45) is 3.87. The lowest BCUT2D eigenvalue weighted by Crippen LogP contribution is -2.43. The molecule has 0 aromatic carbocycles. The van der Waals surface area contributed by atoms with Gasteiger partial charge < -0.3 is 19.3 Å². The molecule has 1 atom stereocenters. The van der Waals surface area contributed by atoms with E-state index >= 15 is 0 Å². The maximum atomic E-state index is 12.7. The molecule has 2 aromatic heterocycles. The zero-order chi connectivity index (χ0) is 21.5. The standard InChI is InChI=1S/C21H31N5O4/c1-21(2,3)30-20(28)25-9-5-14(6-10-25)26-17-11-16(12-22-18(17)23-19(26)27)29-15-7-8-24(4)13-15/h11-12,14-15H,5-10,13H2,1-4H3,(H,22,23,27)/t15-/m1/s1. The van der Waals surface area contributed by atoms with Gasteiger partial charge in [-0.15, -0.1) is 0 Å². The summed E-state index contributed by atoms with van der Waals surface area (Å²) < 4.78 is 13.3. The third-order valence-corrected chi connectivity index (χ3v) is 5.68. The molecule has 0 saturated carbocycles. The summed E-state index contributed by atoms with van der Waals surface area (Å²) in [4.78, 5) is 36.2. The average Bonchev–Trinajstić information content (AvgIpc) is 3.22. The van der Waals surface area contributed by atoms with E-state index in [9.17, 15) is 9.59 Å². The molecule has 30 heavy (non-hydrogen) atoms. The highest BCUT2D eigenvalue weighted by molar-refractivity contribution is 5.72. The number of hydrogen-bond donors (Lipinski definition) is 1. The lowest BCUT2D eigenvalue weighted by Gasteiger charge is -2.33. The summed E-state index contributed by atoms with van der Waals surface area (Å²) in [6.45, 7) is 8.60. The van der Waals surface area contributed by atoms with Crippen LogP contribution in [0, 0.1) is 0 Å². The second kappa shape index (κ2) is 7.94. The number of hydrogen-bond acceptors (Lipinski definition) is 6. The minimum Gasteiger partial charge on any atom is -0.487 e. The minimum absolute atomic E-state index is 0.000370. The van der Waals surface area contributed by atoms with Gasteiger partial charge in [-0.25, -0.2) is 14.6 Å². The Morgan fingerprint density at radius 3 is 2.57 bits per heavy atom. The number of amides is 1. The monoisotopic (exact) mass is 417 g/mol. The van der Waals surface area contributed by atoms with Crippen molar-refractivity contribution in [3.8, 4) is 5.75 Å². The fraction of sp³-hybridized carbons (Fsp3) is 0.667. The molecule has 2 aliphatic heterocycles. The molecule has 9 heteroatoms. The molecule has 0 aliphatic carbocycles. The van der Waals surface area contributed by atoms with Gasteiger partial charge in [-0.1, -0.05) is 0 Å². The number of aromatic amines is 1. The number of carbonyl (C=O) groups is 1. The molecule has 9 nitrogen and oxygen atoms in total. The molecule has 2 saturated heterocycles. The number of nitrogens with zero attached hydrogens (tertiary/aromatic N) is 4. The van der Waals surface area contributed by atoms with Crippen molar-refractivity contribution in [3.63, 3.8) is 0 Å². The number of H-pyrrole nitrogens is 1. The van der Waals surface area contributed by atoms with Crippen molar-refractivity contribution in [2.75, 3.05) is 33.2 Å². The molecule has 1 N–H and O–H groups in total. The van der Waals surface area contributed by atoms with Crippen molar-refractivity contribution in [2.45, 2.75) is 57.8 Å². The average molecular weight is 418 g/mol. The summed E-state index contributed by atoms with van der Waals surface area (Å²) in [7, 11) is 2.08. The number of carbonyl (C=O) groups excluding carboxylic acids is 1. The number of nitrogens with one attached hydrogen (secondary N) is 1. The number of imidazole rings is 1. The quantitative estimate of drug-likeness (QED) is 0.824. The second-order valence-corrected chi connectivity index (χ2v) is 9.33. The Bertz CT molecular complexity index is 968. The Balaban J connectivity index is 1.49. The van der Waals surface area contributed by atoms with E-state index in [0.717, 1.165) is 25.0 Å². The summed E-state index contributed by atoms with van der Waals surface area (Å²) >= 11 is 0. The van der Waals surface area contributed by atoms with Gasteiger partial charge in [-0.3, -0.25) is 9.55 Å². The van der Waals surface area contributed by atoms with Crippen molar-refractivity contribution in [2.24, 2.45) is 0 Å². The number of rotatable bonds is 3. The molecule has 4 heterocycles. The van der Waals surface area contributed by atoms with Crippen LogP contribution in [0.2, 0.25) is 0 Å². The maximum absolute atomic E-state index is 12.7. The van der Waals surface area contributed by atoms with Gasteiger partial charge in [0.2, 0.25) is 0 Å². The third kappa shape index (κ3) is 4.45. The molecule has 1 amide bonds. The summed E-state index contributed by atoms with van der Waals surface area (Å²) in [6, 6.07) is 1.90. The Morgan fingerprint density at radius 1 is 1.20 bits per heavy atom. The number of likely N-dealkylation sites (N-methyl/N-ethyl adjacent to an activating group) is 1. The van der Waals surface area contributed by atoms with E-state index < -0.39 is 5.60 Å². The molecule has 164 valence electrons. The van der Waals surface area contributed by atoms with Gasteiger partial charge in [0.25, 0.3) is 0 Å². The SMILES string of the molecule is CN1CC[C@@H](Oc2cnc3[nH]c(=O)n(C4CCN(C(=O)OC(C)(C)C)CC4)c3c2)C1. The van der Waals surface area contributed by atoms with Gasteiger partial charge in [0.15, 0.2) is 5.65 Å². The first-order valence-electron chi connectivity index (χ1n) is 10.6. The number of fused-ring (bicyclic) bond motifs is 1. The fourth-order valence-electron chi connectivity index (χ4n) is 4.23. The summed E-state index contributed by atoms with van der Waals surface area (Å²) in [5.74, 6) is 0.682. The van der Waals surface area contributed by atoms with Crippen LogP contribution in [0.3, 0.4) is 0 Å². The van der Waals surface area contributed by atoms with Crippen LogP contribution < -0.4 is 10.4 Å². The molecule has 0 radical (unpaired) electrons. The molecular formula is C21H31N5O4. The second-order valence-electron chi connectivity index (χ2n) is 9.33. The molecule has 2 aliphatic rings. The van der Waals surface area contributed by atoms with Crippen molar-refractivity contribution >= 4 is 17.3 Å². The van der Waals surface area contributed by atoms with Crippen LogP contribution in [0.5, 0.6) is 5.75 Å². The van der Waals surface area contributed by atoms with Gasteiger partial charge in [0.1, 0.15) is 17.5 Å². The predicted molar refractivity (Wildman–Crippen MR) is 113 cm³/mol. The van der Waals surface area contributed by atoms with Crippen LogP contribution in [-0.2, 0) is 4.74 Å². The van der Waals surface area contributed by atoms with Gasteiger partial charge in [-0.2, -0.15) is 0 Å². The zero-order valence-corrected chi connectivity index (χ0v) is 18.2. The number of likely N-dealkylation sites (tertiary alicyclic amines) is 2. The fourth-order valence-corrected chi connectivity index (χ4v) is 4.23.